The van der Waals surface area contributed by atoms with Crippen molar-refractivity contribution in [2.45, 2.75) is 53.0 Å². The molecule has 1 atom stereocenters. The van der Waals surface area contributed by atoms with Gasteiger partial charge in [0.2, 0.25) is 5.91 Å². The van der Waals surface area contributed by atoms with E-state index in [-0.39, 0.29) is 11.9 Å². The second-order valence-corrected chi connectivity index (χ2v) is 4.18. The molecule has 0 aliphatic heterocycles. The molecule has 0 saturated carbocycles. The van der Waals surface area contributed by atoms with Crippen LogP contribution in [0, 0.1) is 17.2 Å². The molecule has 86 valence electrons. The average molecular weight is 210 g/mol. The van der Waals surface area contributed by atoms with E-state index in [9.17, 15) is 4.79 Å². The molecule has 0 aromatic carbocycles. The van der Waals surface area contributed by atoms with Gasteiger partial charge in [-0.25, -0.2) is 0 Å². The smallest absolute Gasteiger partial charge is 0.239 e. The molecule has 0 N–H and O–H groups in total. The quantitative estimate of drug-likeness (QED) is 0.632. The number of nitrogens with zero attached hydrogens (tertiary/aromatic N) is 2. The van der Waals surface area contributed by atoms with Gasteiger partial charge in [-0.15, -0.1) is 0 Å². The molecule has 0 heterocycles. The molecule has 0 radical (unpaired) electrons. The first-order chi connectivity index (χ1) is 7.04. The van der Waals surface area contributed by atoms with Crippen LogP contribution in [0.2, 0.25) is 0 Å². The number of unbranched alkanes of at least 4 members (excludes halogenated alkanes) is 2. The summed E-state index contributed by atoms with van der Waals surface area (Å²) in [7, 11) is 0. The summed E-state index contributed by atoms with van der Waals surface area (Å²) in [6.45, 7) is 8.56. The highest BCUT2D eigenvalue weighted by molar-refractivity contribution is 5.81. The van der Waals surface area contributed by atoms with Gasteiger partial charge in [-0.1, -0.05) is 19.8 Å². The van der Waals surface area contributed by atoms with Crippen molar-refractivity contribution in [3.8, 4) is 6.07 Å². The Balaban J connectivity index is 4.27. The molecule has 0 spiro atoms. The first kappa shape index (κ1) is 14.0. The van der Waals surface area contributed by atoms with Gasteiger partial charge in [-0.05, 0) is 27.2 Å². The molecule has 0 aromatic heterocycles. The van der Waals surface area contributed by atoms with Crippen LogP contribution in [0.3, 0.4) is 0 Å². The molecular weight excluding hydrogens is 188 g/mol. The Kier molecular flexibility index (Phi) is 6.77. The largest absolute Gasteiger partial charge is 0.339 e. The minimum Gasteiger partial charge on any atom is -0.339 e. The van der Waals surface area contributed by atoms with E-state index >= 15 is 0 Å². The maximum atomic E-state index is 11.8. The van der Waals surface area contributed by atoms with Crippen LogP contribution in [0.4, 0.5) is 0 Å². The summed E-state index contributed by atoms with van der Waals surface area (Å²) in [6.07, 6.45) is 3.31. The van der Waals surface area contributed by atoms with Crippen LogP contribution < -0.4 is 0 Å². The zero-order valence-corrected chi connectivity index (χ0v) is 10.3. The van der Waals surface area contributed by atoms with E-state index in [0.29, 0.717) is 0 Å². The van der Waals surface area contributed by atoms with E-state index < -0.39 is 5.92 Å². The Hall–Kier alpha value is -1.04. The van der Waals surface area contributed by atoms with Crippen molar-refractivity contribution in [1.82, 2.24) is 4.90 Å². The standard InChI is InChI=1S/C12H22N2O/c1-5-6-7-8-14(10(2)3)12(15)11(4)9-13/h10-11H,5-8H2,1-4H3. The number of rotatable bonds is 6. The lowest BCUT2D eigenvalue weighted by atomic mass is 10.1. The number of nitriles is 1. The van der Waals surface area contributed by atoms with Crippen LogP contribution in [0.1, 0.15) is 47.0 Å². The molecule has 0 fully saturated rings. The zero-order valence-electron chi connectivity index (χ0n) is 10.3. The van der Waals surface area contributed by atoms with Crippen LogP contribution in [0.15, 0.2) is 0 Å². The normalized spacial score (nSPS) is 12.3. The molecular formula is C12H22N2O. The summed E-state index contributed by atoms with van der Waals surface area (Å²) in [5.41, 5.74) is 0. The number of carbonyl (C=O) groups excluding carboxylic acids is 1. The zero-order chi connectivity index (χ0) is 11.8. The van der Waals surface area contributed by atoms with Crippen molar-refractivity contribution in [1.29, 1.82) is 5.26 Å². The molecule has 3 nitrogen and oxygen atoms in total. The van der Waals surface area contributed by atoms with Crippen LogP contribution in [-0.4, -0.2) is 23.4 Å². The highest BCUT2D eigenvalue weighted by atomic mass is 16.2. The van der Waals surface area contributed by atoms with E-state index in [4.69, 9.17) is 5.26 Å². The molecule has 0 rings (SSSR count). The number of carbonyl (C=O) groups is 1. The minimum atomic E-state index is -0.519. The fourth-order valence-electron chi connectivity index (χ4n) is 1.46. The van der Waals surface area contributed by atoms with Gasteiger partial charge in [0, 0.05) is 12.6 Å². The highest BCUT2D eigenvalue weighted by Crippen LogP contribution is 2.08. The van der Waals surface area contributed by atoms with Gasteiger partial charge in [0.25, 0.3) is 0 Å². The van der Waals surface area contributed by atoms with Crippen LogP contribution in [-0.2, 0) is 4.79 Å². The minimum absolute atomic E-state index is 0.0383. The van der Waals surface area contributed by atoms with E-state index in [1.54, 1.807) is 6.92 Å². The van der Waals surface area contributed by atoms with E-state index in [1.165, 1.54) is 0 Å². The summed E-state index contributed by atoms with van der Waals surface area (Å²) in [4.78, 5) is 13.6. The highest BCUT2D eigenvalue weighted by Gasteiger charge is 2.21. The van der Waals surface area contributed by atoms with E-state index in [0.717, 1.165) is 25.8 Å². The molecule has 3 heteroatoms. The van der Waals surface area contributed by atoms with Gasteiger partial charge >= 0.3 is 0 Å². The Morgan fingerprint density at radius 1 is 1.33 bits per heavy atom. The molecule has 1 amide bonds. The van der Waals surface area contributed by atoms with Gasteiger partial charge in [-0.3, -0.25) is 4.79 Å². The monoisotopic (exact) mass is 210 g/mol. The Morgan fingerprint density at radius 3 is 2.33 bits per heavy atom. The summed E-state index contributed by atoms with van der Waals surface area (Å²) in [5.74, 6) is -0.558. The van der Waals surface area contributed by atoms with Gasteiger partial charge in [-0.2, -0.15) is 5.26 Å². The van der Waals surface area contributed by atoms with Crippen molar-refractivity contribution in [2.75, 3.05) is 6.54 Å². The third-order valence-electron chi connectivity index (χ3n) is 2.47. The van der Waals surface area contributed by atoms with Crippen LogP contribution in [0.25, 0.3) is 0 Å². The lowest BCUT2D eigenvalue weighted by Crippen LogP contribution is -2.40. The van der Waals surface area contributed by atoms with Crippen molar-refractivity contribution in [3.63, 3.8) is 0 Å². The lowest BCUT2D eigenvalue weighted by Gasteiger charge is -2.27. The molecule has 0 aromatic rings. The summed E-state index contributed by atoms with van der Waals surface area (Å²) in [6, 6.07) is 2.18. The van der Waals surface area contributed by atoms with Crippen LogP contribution in [0.5, 0.6) is 0 Å². The third kappa shape index (κ3) is 4.83. The number of amides is 1. The predicted octanol–water partition coefficient (Wildman–Crippen LogP) is 2.57. The fraction of sp³-hybridized carbons (Fsp3) is 0.833. The molecule has 0 bridgehead atoms. The first-order valence-corrected chi connectivity index (χ1v) is 5.74. The van der Waals surface area contributed by atoms with Crippen molar-refractivity contribution in [2.24, 2.45) is 5.92 Å². The average Bonchev–Trinajstić information content (AvgIpc) is 2.22. The van der Waals surface area contributed by atoms with Crippen molar-refractivity contribution < 1.29 is 4.79 Å². The van der Waals surface area contributed by atoms with Gasteiger partial charge in [0.15, 0.2) is 0 Å². The Morgan fingerprint density at radius 2 is 1.93 bits per heavy atom. The van der Waals surface area contributed by atoms with E-state index in [2.05, 4.69) is 6.92 Å². The molecule has 15 heavy (non-hydrogen) atoms. The topological polar surface area (TPSA) is 44.1 Å². The molecule has 0 aliphatic carbocycles. The summed E-state index contributed by atoms with van der Waals surface area (Å²) >= 11 is 0. The van der Waals surface area contributed by atoms with Crippen molar-refractivity contribution in [3.05, 3.63) is 0 Å². The summed E-state index contributed by atoms with van der Waals surface area (Å²) in [5, 5.41) is 8.71. The van der Waals surface area contributed by atoms with Crippen molar-refractivity contribution >= 4 is 5.91 Å². The Bertz CT molecular complexity index is 230. The number of hydrogen-bond donors (Lipinski definition) is 0. The SMILES string of the molecule is CCCCCN(C(=O)C(C)C#N)C(C)C. The third-order valence-corrected chi connectivity index (χ3v) is 2.47. The van der Waals surface area contributed by atoms with Gasteiger partial charge in [0.05, 0.1) is 6.07 Å². The lowest BCUT2D eigenvalue weighted by molar-refractivity contribution is -0.135. The Labute approximate surface area is 93.1 Å². The molecule has 0 saturated heterocycles. The van der Waals surface area contributed by atoms with E-state index in [1.807, 2.05) is 24.8 Å². The summed E-state index contributed by atoms with van der Waals surface area (Å²) < 4.78 is 0. The molecule has 1 unspecified atom stereocenters. The van der Waals surface area contributed by atoms with Gasteiger partial charge < -0.3 is 4.90 Å². The predicted molar refractivity (Wildman–Crippen MR) is 61.2 cm³/mol. The second-order valence-electron chi connectivity index (χ2n) is 4.18. The van der Waals surface area contributed by atoms with Crippen LogP contribution >= 0.6 is 0 Å². The van der Waals surface area contributed by atoms with Gasteiger partial charge in [0.1, 0.15) is 5.92 Å². The first-order valence-electron chi connectivity index (χ1n) is 5.74. The maximum absolute atomic E-state index is 11.8. The second kappa shape index (κ2) is 7.28. The maximum Gasteiger partial charge on any atom is 0.239 e. The fourth-order valence-corrected chi connectivity index (χ4v) is 1.46. The molecule has 0 aliphatic rings. The number of hydrogen-bond acceptors (Lipinski definition) is 2.